The molecule has 0 fully saturated rings. The van der Waals surface area contributed by atoms with Crippen LogP contribution in [0, 0.1) is 0 Å². The molecule has 0 saturated carbocycles. The number of nitrogens with zero attached hydrogens (tertiary/aromatic N) is 5. The Labute approximate surface area is 144 Å². The van der Waals surface area contributed by atoms with E-state index < -0.39 is 6.04 Å². The van der Waals surface area contributed by atoms with E-state index in [9.17, 15) is 4.79 Å². The van der Waals surface area contributed by atoms with Gasteiger partial charge in [0.05, 0.1) is 0 Å². The minimum atomic E-state index is -0.658. The fourth-order valence-corrected chi connectivity index (χ4v) is 2.43. The van der Waals surface area contributed by atoms with Crippen LogP contribution in [0.4, 0.5) is 0 Å². The second kappa shape index (κ2) is 6.80. The normalized spacial score (nSPS) is 12.0. The van der Waals surface area contributed by atoms with Crippen LogP contribution in [0.5, 0.6) is 0 Å². The average molecular weight is 342 g/mol. The lowest BCUT2D eigenvalue weighted by Crippen LogP contribution is -2.33. The minimum absolute atomic E-state index is 0.124. The van der Waals surface area contributed by atoms with Crippen LogP contribution in [0.25, 0.3) is 11.4 Å². The largest absolute Gasteiger partial charge is 0.347 e. The quantitative estimate of drug-likeness (QED) is 0.732. The van der Waals surface area contributed by atoms with Crippen LogP contribution >= 0.6 is 11.6 Å². The van der Waals surface area contributed by atoms with Gasteiger partial charge in [0.2, 0.25) is 5.82 Å². The monoisotopic (exact) mass is 341 g/mol. The molecule has 1 amide bonds. The fraction of sp³-hybridized carbons (Fsp3) is 0.176. The molecule has 0 aliphatic carbocycles. The molecule has 0 aliphatic rings. The molecule has 3 aromatic rings. The van der Waals surface area contributed by atoms with Crippen LogP contribution in [-0.2, 0) is 4.79 Å². The summed E-state index contributed by atoms with van der Waals surface area (Å²) in [6.07, 6.45) is 0. The first-order chi connectivity index (χ1) is 11.6. The molecule has 0 aliphatic heterocycles. The van der Waals surface area contributed by atoms with Gasteiger partial charge in [-0.2, -0.15) is 0 Å². The summed E-state index contributed by atoms with van der Waals surface area (Å²) < 4.78 is 0. The van der Waals surface area contributed by atoms with E-state index in [4.69, 9.17) is 11.6 Å². The molecule has 122 valence electrons. The van der Waals surface area contributed by atoms with Gasteiger partial charge < -0.3 is 4.90 Å². The van der Waals surface area contributed by atoms with E-state index in [0.717, 1.165) is 11.1 Å². The highest BCUT2D eigenvalue weighted by molar-refractivity contribution is 6.30. The number of carbonyl (C=O) groups excluding carboxylic acids is 1. The number of aromatic nitrogens is 4. The number of amides is 1. The van der Waals surface area contributed by atoms with Crippen molar-refractivity contribution in [3.63, 3.8) is 0 Å². The number of rotatable bonds is 4. The lowest BCUT2D eigenvalue weighted by molar-refractivity contribution is -0.131. The zero-order chi connectivity index (χ0) is 17.1. The zero-order valence-corrected chi connectivity index (χ0v) is 14.1. The Morgan fingerprint density at radius 3 is 2.38 bits per heavy atom. The molecule has 0 bridgehead atoms. The number of benzene rings is 2. The van der Waals surface area contributed by atoms with Crippen LogP contribution in [0.1, 0.15) is 11.6 Å². The van der Waals surface area contributed by atoms with Crippen LogP contribution in [0.2, 0.25) is 5.02 Å². The number of tetrazole rings is 1. The standard InChI is InChI=1S/C17H16ClN5O/c1-22(2)17(24)15(12-6-4-3-5-7-12)23-20-16(19-21-23)13-8-10-14(18)11-9-13/h3-11,15H,1-2H3. The van der Waals surface area contributed by atoms with Crippen molar-refractivity contribution in [3.8, 4) is 11.4 Å². The van der Waals surface area contributed by atoms with Crippen LogP contribution < -0.4 is 0 Å². The number of likely N-dealkylation sites (N-methyl/N-ethyl adjacent to an activating group) is 1. The molecule has 2 aromatic carbocycles. The summed E-state index contributed by atoms with van der Waals surface area (Å²) in [5, 5.41) is 13.2. The van der Waals surface area contributed by atoms with E-state index >= 15 is 0 Å². The minimum Gasteiger partial charge on any atom is -0.347 e. The topological polar surface area (TPSA) is 63.9 Å². The van der Waals surface area contributed by atoms with Crippen molar-refractivity contribution in [3.05, 3.63) is 65.2 Å². The van der Waals surface area contributed by atoms with Crippen molar-refractivity contribution in [1.82, 2.24) is 25.1 Å². The molecule has 0 spiro atoms. The second-order valence-corrected chi connectivity index (χ2v) is 5.92. The van der Waals surface area contributed by atoms with Crippen molar-refractivity contribution in [2.75, 3.05) is 14.1 Å². The van der Waals surface area contributed by atoms with E-state index in [1.54, 1.807) is 26.2 Å². The van der Waals surface area contributed by atoms with E-state index in [0.29, 0.717) is 10.8 Å². The Kier molecular flexibility index (Phi) is 4.57. The number of hydrogen-bond acceptors (Lipinski definition) is 4. The van der Waals surface area contributed by atoms with Crippen molar-refractivity contribution in [2.24, 2.45) is 0 Å². The molecule has 1 heterocycles. The number of hydrogen-bond donors (Lipinski definition) is 0. The van der Waals surface area contributed by atoms with Gasteiger partial charge in [-0.3, -0.25) is 4.79 Å². The van der Waals surface area contributed by atoms with Crippen molar-refractivity contribution < 1.29 is 4.79 Å². The lowest BCUT2D eigenvalue weighted by atomic mass is 10.1. The highest BCUT2D eigenvalue weighted by Gasteiger charge is 2.27. The van der Waals surface area contributed by atoms with E-state index in [-0.39, 0.29) is 5.91 Å². The molecular weight excluding hydrogens is 326 g/mol. The average Bonchev–Trinajstić information content (AvgIpc) is 3.06. The van der Waals surface area contributed by atoms with E-state index in [2.05, 4.69) is 15.4 Å². The maximum atomic E-state index is 12.6. The van der Waals surface area contributed by atoms with Gasteiger partial charge in [-0.25, -0.2) is 0 Å². The predicted octanol–water partition coefficient (Wildman–Crippen LogP) is 2.67. The fourth-order valence-electron chi connectivity index (χ4n) is 2.30. The third-order valence-corrected chi connectivity index (χ3v) is 3.80. The van der Waals surface area contributed by atoms with Gasteiger partial charge >= 0.3 is 0 Å². The van der Waals surface area contributed by atoms with Gasteiger partial charge in [0, 0.05) is 24.7 Å². The Morgan fingerprint density at radius 2 is 1.75 bits per heavy atom. The first-order valence-corrected chi connectivity index (χ1v) is 7.75. The van der Waals surface area contributed by atoms with Gasteiger partial charge in [-0.05, 0) is 35.0 Å². The third kappa shape index (κ3) is 3.28. The van der Waals surface area contributed by atoms with Crippen molar-refractivity contribution >= 4 is 17.5 Å². The van der Waals surface area contributed by atoms with Gasteiger partial charge in [-0.15, -0.1) is 15.0 Å². The summed E-state index contributed by atoms with van der Waals surface area (Å²) in [5.41, 5.74) is 1.59. The van der Waals surface area contributed by atoms with E-state index in [1.807, 2.05) is 42.5 Å². The first kappa shape index (κ1) is 16.1. The molecule has 0 radical (unpaired) electrons. The molecule has 1 aromatic heterocycles. The summed E-state index contributed by atoms with van der Waals surface area (Å²) >= 11 is 5.90. The Morgan fingerprint density at radius 1 is 1.08 bits per heavy atom. The summed E-state index contributed by atoms with van der Waals surface area (Å²) in [4.78, 5) is 15.5. The molecule has 24 heavy (non-hydrogen) atoms. The summed E-state index contributed by atoms with van der Waals surface area (Å²) in [6, 6.07) is 15.9. The zero-order valence-electron chi connectivity index (χ0n) is 13.3. The van der Waals surface area contributed by atoms with Gasteiger partial charge in [0.25, 0.3) is 5.91 Å². The van der Waals surface area contributed by atoms with Gasteiger partial charge in [0.15, 0.2) is 6.04 Å². The van der Waals surface area contributed by atoms with E-state index in [1.165, 1.54) is 9.70 Å². The smallest absolute Gasteiger partial charge is 0.253 e. The number of carbonyl (C=O) groups is 1. The Hall–Kier alpha value is -2.73. The van der Waals surface area contributed by atoms with Crippen LogP contribution in [-0.4, -0.2) is 45.1 Å². The molecular formula is C17H16ClN5O. The molecule has 0 N–H and O–H groups in total. The maximum absolute atomic E-state index is 12.6. The van der Waals surface area contributed by atoms with Gasteiger partial charge in [-0.1, -0.05) is 41.9 Å². The molecule has 1 unspecified atom stereocenters. The second-order valence-electron chi connectivity index (χ2n) is 5.49. The third-order valence-electron chi connectivity index (χ3n) is 3.55. The predicted molar refractivity (Wildman–Crippen MR) is 91.5 cm³/mol. The lowest BCUT2D eigenvalue weighted by Gasteiger charge is -2.19. The van der Waals surface area contributed by atoms with Crippen molar-refractivity contribution in [2.45, 2.75) is 6.04 Å². The summed E-state index contributed by atoms with van der Waals surface area (Å²) in [7, 11) is 3.41. The maximum Gasteiger partial charge on any atom is 0.253 e. The SMILES string of the molecule is CN(C)C(=O)C(c1ccccc1)n1nnc(-c2ccc(Cl)cc2)n1. The molecule has 0 saturated heterocycles. The summed E-state index contributed by atoms with van der Waals surface area (Å²) in [6.45, 7) is 0. The van der Waals surface area contributed by atoms with Crippen molar-refractivity contribution in [1.29, 1.82) is 0 Å². The molecule has 7 heteroatoms. The highest BCUT2D eigenvalue weighted by Crippen LogP contribution is 2.21. The van der Waals surface area contributed by atoms with Crippen LogP contribution in [0.3, 0.4) is 0 Å². The highest BCUT2D eigenvalue weighted by atomic mass is 35.5. The first-order valence-electron chi connectivity index (χ1n) is 7.38. The molecule has 1 atom stereocenters. The Balaban J connectivity index is 2.00. The summed E-state index contributed by atoms with van der Waals surface area (Å²) in [5.74, 6) is 0.320. The number of halogens is 1. The molecule has 3 rings (SSSR count). The van der Waals surface area contributed by atoms with Crippen LogP contribution in [0.15, 0.2) is 54.6 Å². The Bertz CT molecular complexity index is 830. The van der Waals surface area contributed by atoms with Gasteiger partial charge in [0.1, 0.15) is 0 Å². The molecule has 6 nitrogen and oxygen atoms in total.